The Kier molecular flexibility index (Phi) is 2.07. The maximum absolute atomic E-state index is 5.69. The van der Waals surface area contributed by atoms with Crippen LogP contribution in [-0.4, -0.2) is 14.5 Å². The van der Waals surface area contributed by atoms with Crippen LogP contribution in [0.25, 0.3) is 0 Å². The molecule has 0 unspecified atom stereocenters. The zero-order valence-electron chi connectivity index (χ0n) is 8.61. The highest BCUT2D eigenvalue weighted by Gasteiger charge is 2.15. The second-order valence-electron chi connectivity index (χ2n) is 3.90. The summed E-state index contributed by atoms with van der Waals surface area (Å²) in [6.07, 6.45) is 2.35. The highest BCUT2D eigenvalue weighted by atomic mass is 16.5. The molecule has 1 heterocycles. The molecule has 0 fully saturated rings. The molecule has 2 heteroatoms. The van der Waals surface area contributed by atoms with Crippen LogP contribution in [0, 0.1) is 13.8 Å². The van der Waals surface area contributed by atoms with E-state index in [0.29, 0.717) is 0 Å². The molecule has 0 amide bonds. The van der Waals surface area contributed by atoms with Crippen molar-refractivity contribution in [1.82, 2.24) is 0 Å². The second-order valence-corrected chi connectivity index (χ2v) is 3.90. The first-order valence-corrected chi connectivity index (χ1v) is 4.92. The van der Waals surface area contributed by atoms with Gasteiger partial charge in [-0.05, 0) is 37.8 Å². The highest BCUT2D eigenvalue weighted by molar-refractivity contribution is 6.33. The van der Waals surface area contributed by atoms with Crippen LogP contribution in [0.2, 0.25) is 0 Å². The third kappa shape index (κ3) is 1.34. The molecule has 13 heavy (non-hydrogen) atoms. The SMILES string of the molecule is Bc1cc(C)c2c(c1C)CCCO2. The summed E-state index contributed by atoms with van der Waals surface area (Å²) in [5.74, 6) is 1.15. The Balaban J connectivity index is 2.63. The van der Waals surface area contributed by atoms with Gasteiger partial charge in [0.05, 0.1) is 6.61 Å². The minimum atomic E-state index is 0.885. The smallest absolute Gasteiger partial charge is 0.139 e. The number of ether oxygens (including phenoxy) is 1. The first-order chi connectivity index (χ1) is 6.20. The lowest BCUT2D eigenvalue weighted by atomic mass is 9.84. The molecule has 0 saturated heterocycles. The molecule has 0 N–H and O–H groups in total. The predicted octanol–water partition coefficient (Wildman–Crippen LogP) is 0.887. The molecule has 0 aliphatic carbocycles. The van der Waals surface area contributed by atoms with Crippen LogP contribution >= 0.6 is 0 Å². The number of aryl methyl sites for hydroxylation is 1. The Morgan fingerprint density at radius 2 is 2.15 bits per heavy atom. The molecule has 0 bridgehead atoms. The van der Waals surface area contributed by atoms with Crippen molar-refractivity contribution in [2.45, 2.75) is 26.7 Å². The highest BCUT2D eigenvalue weighted by Crippen LogP contribution is 2.29. The fraction of sp³-hybridized carbons (Fsp3) is 0.455. The van der Waals surface area contributed by atoms with Gasteiger partial charge in [0.1, 0.15) is 13.6 Å². The summed E-state index contributed by atoms with van der Waals surface area (Å²) < 4.78 is 5.69. The molecule has 1 nitrogen and oxygen atoms in total. The molecular weight excluding hydrogens is 159 g/mol. The standard InChI is InChI=1S/C11H15BO/c1-7-6-10(12)8(2)9-4-3-5-13-11(7)9/h6H,3-5,12H2,1-2H3. The van der Waals surface area contributed by atoms with Crippen molar-refractivity contribution in [3.63, 3.8) is 0 Å². The topological polar surface area (TPSA) is 9.23 Å². The number of rotatable bonds is 0. The Labute approximate surface area is 80.5 Å². The Morgan fingerprint density at radius 1 is 1.38 bits per heavy atom. The monoisotopic (exact) mass is 174 g/mol. The van der Waals surface area contributed by atoms with Gasteiger partial charge in [-0.1, -0.05) is 17.1 Å². The minimum Gasteiger partial charge on any atom is -0.493 e. The van der Waals surface area contributed by atoms with Gasteiger partial charge in [-0.2, -0.15) is 0 Å². The molecule has 1 aliphatic rings. The molecule has 2 rings (SSSR count). The van der Waals surface area contributed by atoms with Crippen LogP contribution in [0.3, 0.4) is 0 Å². The second kappa shape index (κ2) is 3.10. The van der Waals surface area contributed by atoms with Crippen molar-refractivity contribution < 1.29 is 4.74 Å². The third-order valence-corrected chi connectivity index (χ3v) is 2.93. The van der Waals surface area contributed by atoms with E-state index < -0.39 is 0 Å². The lowest BCUT2D eigenvalue weighted by molar-refractivity contribution is 0.286. The van der Waals surface area contributed by atoms with E-state index in [2.05, 4.69) is 27.8 Å². The molecule has 0 atom stereocenters. The number of fused-ring (bicyclic) bond motifs is 1. The number of benzene rings is 1. The van der Waals surface area contributed by atoms with Crippen LogP contribution in [0.4, 0.5) is 0 Å². The van der Waals surface area contributed by atoms with Crippen molar-refractivity contribution in [3.05, 3.63) is 22.8 Å². The van der Waals surface area contributed by atoms with Gasteiger partial charge in [0.2, 0.25) is 0 Å². The fourth-order valence-corrected chi connectivity index (χ4v) is 2.07. The molecule has 1 aromatic carbocycles. The van der Waals surface area contributed by atoms with E-state index in [9.17, 15) is 0 Å². The largest absolute Gasteiger partial charge is 0.493 e. The zero-order valence-corrected chi connectivity index (χ0v) is 8.61. The van der Waals surface area contributed by atoms with Gasteiger partial charge in [0.25, 0.3) is 0 Å². The molecule has 0 radical (unpaired) electrons. The Morgan fingerprint density at radius 3 is 2.92 bits per heavy atom. The van der Waals surface area contributed by atoms with E-state index in [1.54, 1.807) is 0 Å². The van der Waals surface area contributed by atoms with Crippen molar-refractivity contribution in [2.24, 2.45) is 0 Å². The lowest BCUT2D eigenvalue weighted by Gasteiger charge is -2.22. The van der Waals surface area contributed by atoms with Crippen LogP contribution < -0.4 is 10.2 Å². The van der Waals surface area contributed by atoms with Crippen LogP contribution in [0.5, 0.6) is 5.75 Å². The molecule has 1 aromatic rings. The van der Waals surface area contributed by atoms with Gasteiger partial charge < -0.3 is 4.74 Å². The van der Waals surface area contributed by atoms with Gasteiger partial charge in [0, 0.05) is 0 Å². The summed E-state index contributed by atoms with van der Waals surface area (Å²) in [5.41, 5.74) is 5.53. The molecule has 1 aliphatic heterocycles. The van der Waals surface area contributed by atoms with Crippen LogP contribution in [0.15, 0.2) is 6.07 Å². The molecule has 0 saturated carbocycles. The molecule has 0 aromatic heterocycles. The van der Waals surface area contributed by atoms with Gasteiger partial charge >= 0.3 is 0 Å². The van der Waals surface area contributed by atoms with Gasteiger partial charge in [-0.3, -0.25) is 0 Å². The normalized spacial score (nSPS) is 14.9. The average Bonchev–Trinajstić information content (AvgIpc) is 2.15. The van der Waals surface area contributed by atoms with E-state index in [4.69, 9.17) is 4.74 Å². The van der Waals surface area contributed by atoms with Crippen molar-refractivity contribution in [3.8, 4) is 5.75 Å². The maximum atomic E-state index is 5.69. The summed E-state index contributed by atoms with van der Waals surface area (Å²) in [6, 6.07) is 2.22. The quantitative estimate of drug-likeness (QED) is 0.530. The van der Waals surface area contributed by atoms with E-state index in [0.717, 1.165) is 18.8 Å². The van der Waals surface area contributed by atoms with Crippen LogP contribution in [0.1, 0.15) is 23.1 Å². The van der Waals surface area contributed by atoms with Crippen molar-refractivity contribution in [2.75, 3.05) is 6.61 Å². The average molecular weight is 174 g/mol. The molecular formula is C11H15BO. The number of hydrogen-bond acceptors (Lipinski definition) is 1. The summed E-state index contributed by atoms with van der Waals surface area (Å²) in [6.45, 7) is 5.22. The van der Waals surface area contributed by atoms with Crippen LogP contribution in [-0.2, 0) is 6.42 Å². The summed E-state index contributed by atoms with van der Waals surface area (Å²) in [4.78, 5) is 0. The first kappa shape index (κ1) is 8.67. The van der Waals surface area contributed by atoms with E-state index in [1.807, 2.05) is 0 Å². The third-order valence-electron chi connectivity index (χ3n) is 2.93. The summed E-state index contributed by atoms with van der Waals surface area (Å²) in [5, 5.41) is 0. The first-order valence-electron chi connectivity index (χ1n) is 4.92. The summed E-state index contributed by atoms with van der Waals surface area (Å²) >= 11 is 0. The van der Waals surface area contributed by atoms with Crippen molar-refractivity contribution in [1.29, 1.82) is 0 Å². The van der Waals surface area contributed by atoms with Gasteiger partial charge in [0.15, 0.2) is 0 Å². The van der Waals surface area contributed by atoms with E-state index in [1.165, 1.54) is 28.6 Å². The fourth-order valence-electron chi connectivity index (χ4n) is 2.07. The predicted molar refractivity (Wildman–Crippen MR) is 57.9 cm³/mol. The van der Waals surface area contributed by atoms with Gasteiger partial charge in [-0.15, -0.1) is 0 Å². The van der Waals surface area contributed by atoms with Crippen molar-refractivity contribution >= 4 is 13.3 Å². The minimum absolute atomic E-state index is 0.885. The van der Waals surface area contributed by atoms with E-state index in [-0.39, 0.29) is 0 Å². The maximum Gasteiger partial charge on any atom is 0.139 e. The zero-order chi connectivity index (χ0) is 9.42. The summed E-state index contributed by atoms with van der Waals surface area (Å²) in [7, 11) is 2.18. The lowest BCUT2D eigenvalue weighted by Crippen LogP contribution is -2.18. The Bertz CT molecular complexity index is 344. The van der Waals surface area contributed by atoms with E-state index >= 15 is 0 Å². The molecule has 0 spiro atoms. The molecule has 68 valence electrons. The Hall–Kier alpha value is -0.915. The van der Waals surface area contributed by atoms with Gasteiger partial charge in [-0.25, -0.2) is 0 Å². The number of hydrogen-bond donors (Lipinski definition) is 0.